The average Bonchev–Trinajstić information content (AvgIpc) is 2.64. The molecule has 0 radical (unpaired) electrons. The number of nitrogens with two attached hydrogens (primary N) is 1. The Labute approximate surface area is 114 Å². The lowest BCUT2D eigenvalue weighted by Gasteiger charge is -2.02. The Hall–Kier alpha value is -0.770. The van der Waals surface area contributed by atoms with Crippen molar-refractivity contribution in [3.05, 3.63) is 33.3 Å². The van der Waals surface area contributed by atoms with Gasteiger partial charge in [0.25, 0.3) is 0 Å². The van der Waals surface area contributed by atoms with Crippen LogP contribution in [0, 0.1) is 0 Å². The highest BCUT2D eigenvalue weighted by Crippen LogP contribution is 2.36. The van der Waals surface area contributed by atoms with Crippen LogP contribution in [-0.4, -0.2) is 4.98 Å². The van der Waals surface area contributed by atoms with E-state index in [-0.39, 0.29) is 0 Å². The van der Waals surface area contributed by atoms with Gasteiger partial charge in [0.2, 0.25) is 0 Å². The highest BCUT2D eigenvalue weighted by atomic mass is 35.5. The van der Waals surface area contributed by atoms with Gasteiger partial charge in [-0.2, -0.15) is 0 Å². The normalized spacial score (nSPS) is 10.8. The molecule has 0 unspecified atom stereocenters. The molecule has 1 aromatic carbocycles. The number of nitrogens with zero attached hydrogens (tertiary/aromatic N) is 1. The predicted octanol–water partition coefficient (Wildman–Crippen LogP) is 4.65. The second-order valence-electron chi connectivity index (χ2n) is 3.69. The molecule has 2 rings (SSSR count). The van der Waals surface area contributed by atoms with Crippen molar-refractivity contribution >= 4 is 39.5 Å². The smallest absolute Gasteiger partial charge is 0.114 e. The molecule has 0 saturated heterocycles. The van der Waals surface area contributed by atoms with Crippen molar-refractivity contribution in [3.8, 4) is 11.3 Å². The summed E-state index contributed by atoms with van der Waals surface area (Å²) in [6, 6.07) is 5.31. The van der Waals surface area contributed by atoms with Gasteiger partial charge in [0.1, 0.15) is 10.7 Å². The Kier molecular flexibility index (Phi) is 3.92. The topological polar surface area (TPSA) is 38.9 Å². The molecular weight excluding hydrogens is 275 g/mol. The maximum absolute atomic E-state index is 6.14. The third kappa shape index (κ3) is 2.73. The Bertz CT molecular complexity index is 537. The molecule has 0 saturated carbocycles. The molecule has 0 bridgehead atoms. The summed E-state index contributed by atoms with van der Waals surface area (Å²) in [5, 5.41) is 2.98. The molecular formula is C12H12Cl2N2S. The first kappa shape index (κ1) is 12.7. The molecule has 90 valence electrons. The van der Waals surface area contributed by atoms with E-state index < -0.39 is 0 Å². The van der Waals surface area contributed by atoms with Crippen molar-refractivity contribution in [1.29, 1.82) is 0 Å². The number of nitrogen functional groups attached to an aromatic ring is 1. The van der Waals surface area contributed by atoms with Gasteiger partial charge in [-0.15, -0.1) is 11.3 Å². The van der Waals surface area contributed by atoms with E-state index in [1.165, 1.54) is 11.3 Å². The van der Waals surface area contributed by atoms with Crippen LogP contribution in [0.25, 0.3) is 11.3 Å². The number of hydrogen-bond acceptors (Lipinski definition) is 3. The molecule has 17 heavy (non-hydrogen) atoms. The van der Waals surface area contributed by atoms with E-state index in [0.717, 1.165) is 29.1 Å². The average molecular weight is 287 g/mol. The Morgan fingerprint density at radius 2 is 2.12 bits per heavy atom. The van der Waals surface area contributed by atoms with Gasteiger partial charge in [-0.25, -0.2) is 4.98 Å². The summed E-state index contributed by atoms with van der Waals surface area (Å²) in [4.78, 5) is 4.52. The van der Waals surface area contributed by atoms with Crippen LogP contribution in [0.15, 0.2) is 18.2 Å². The highest BCUT2D eigenvalue weighted by molar-refractivity contribution is 7.16. The zero-order valence-corrected chi connectivity index (χ0v) is 11.7. The molecule has 2 nitrogen and oxygen atoms in total. The number of anilines is 1. The number of halogens is 2. The lowest BCUT2D eigenvalue weighted by Crippen LogP contribution is -1.87. The molecule has 0 aliphatic heterocycles. The van der Waals surface area contributed by atoms with Crippen molar-refractivity contribution in [2.45, 2.75) is 19.8 Å². The van der Waals surface area contributed by atoms with Crippen LogP contribution >= 0.6 is 34.5 Å². The van der Waals surface area contributed by atoms with Crippen LogP contribution in [0.5, 0.6) is 0 Å². The van der Waals surface area contributed by atoms with Gasteiger partial charge in [-0.1, -0.05) is 30.1 Å². The summed E-state index contributed by atoms with van der Waals surface area (Å²) in [7, 11) is 0. The lowest BCUT2D eigenvalue weighted by atomic mass is 10.1. The molecule has 2 aromatic rings. The van der Waals surface area contributed by atoms with Crippen molar-refractivity contribution in [3.63, 3.8) is 0 Å². The third-order valence-corrected chi connectivity index (χ3v) is 3.85. The fourth-order valence-corrected chi connectivity index (χ4v) is 2.90. The van der Waals surface area contributed by atoms with Crippen molar-refractivity contribution < 1.29 is 0 Å². The van der Waals surface area contributed by atoms with Crippen LogP contribution in [-0.2, 0) is 6.42 Å². The van der Waals surface area contributed by atoms with Gasteiger partial charge in [-0.3, -0.25) is 0 Å². The lowest BCUT2D eigenvalue weighted by molar-refractivity contribution is 0.910. The standard InChI is InChI=1S/C12H12Cl2N2S/c1-2-3-10-16-11(12(15)17-10)8-6-7(13)4-5-9(8)14/h4-6H,2-3,15H2,1H3. The first-order chi connectivity index (χ1) is 8.11. The second-order valence-corrected chi connectivity index (χ2v) is 5.65. The highest BCUT2D eigenvalue weighted by Gasteiger charge is 2.13. The number of aryl methyl sites for hydroxylation is 1. The molecule has 0 atom stereocenters. The molecule has 0 amide bonds. The second kappa shape index (κ2) is 5.25. The largest absolute Gasteiger partial charge is 0.389 e. The number of hydrogen-bond donors (Lipinski definition) is 1. The number of rotatable bonds is 3. The summed E-state index contributed by atoms with van der Waals surface area (Å²) in [5.74, 6) is 0. The molecule has 0 spiro atoms. The molecule has 2 N–H and O–H groups in total. The van der Waals surface area contributed by atoms with Crippen LogP contribution in [0.4, 0.5) is 5.00 Å². The Morgan fingerprint density at radius 3 is 2.82 bits per heavy atom. The van der Waals surface area contributed by atoms with Crippen LogP contribution < -0.4 is 5.73 Å². The van der Waals surface area contributed by atoms with Crippen LogP contribution in [0.2, 0.25) is 10.0 Å². The molecule has 0 aliphatic rings. The molecule has 5 heteroatoms. The van der Waals surface area contributed by atoms with Crippen LogP contribution in [0.1, 0.15) is 18.4 Å². The number of thiazole rings is 1. The zero-order chi connectivity index (χ0) is 12.4. The number of aromatic nitrogens is 1. The minimum Gasteiger partial charge on any atom is -0.389 e. The monoisotopic (exact) mass is 286 g/mol. The maximum Gasteiger partial charge on any atom is 0.114 e. The number of benzene rings is 1. The summed E-state index contributed by atoms with van der Waals surface area (Å²) in [6.07, 6.45) is 1.99. The quantitative estimate of drug-likeness (QED) is 0.892. The third-order valence-electron chi connectivity index (χ3n) is 2.35. The van der Waals surface area contributed by atoms with Crippen molar-refractivity contribution in [2.24, 2.45) is 0 Å². The SMILES string of the molecule is CCCc1nc(-c2cc(Cl)ccc2Cl)c(N)s1. The summed E-state index contributed by atoms with van der Waals surface area (Å²) >= 11 is 13.6. The van der Waals surface area contributed by atoms with Crippen LogP contribution in [0.3, 0.4) is 0 Å². The van der Waals surface area contributed by atoms with Gasteiger partial charge in [0, 0.05) is 10.6 Å². The maximum atomic E-state index is 6.14. The van der Waals surface area contributed by atoms with E-state index in [4.69, 9.17) is 28.9 Å². The van der Waals surface area contributed by atoms with E-state index in [1.54, 1.807) is 18.2 Å². The molecule has 1 aromatic heterocycles. The molecule has 0 aliphatic carbocycles. The van der Waals surface area contributed by atoms with Gasteiger partial charge in [-0.05, 0) is 31.0 Å². The Morgan fingerprint density at radius 1 is 1.35 bits per heavy atom. The summed E-state index contributed by atoms with van der Waals surface area (Å²) in [6.45, 7) is 2.11. The Balaban J connectivity index is 2.48. The summed E-state index contributed by atoms with van der Waals surface area (Å²) in [5.41, 5.74) is 7.52. The minimum atomic E-state index is 0.620. The van der Waals surface area contributed by atoms with E-state index in [1.807, 2.05) is 0 Å². The summed E-state index contributed by atoms with van der Waals surface area (Å²) < 4.78 is 0. The predicted molar refractivity (Wildman–Crippen MR) is 76.0 cm³/mol. The minimum absolute atomic E-state index is 0.620. The van der Waals surface area contributed by atoms with E-state index in [0.29, 0.717) is 15.0 Å². The zero-order valence-electron chi connectivity index (χ0n) is 9.34. The fraction of sp³-hybridized carbons (Fsp3) is 0.250. The van der Waals surface area contributed by atoms with Crippen molar-refractivity contribution in [1.82, 2.24) is 4.98 Å². The van der Waals surface area contributed by atoms with Crippen molar-refractivity contribution in [2.75, 3.05) is 5.73 Å². The first-order valence-corrected chi connectivity index (χ1v) is 6.89. The first-order valence-electron chi connectivity index (χ1n) is 5.32. The molecule has 0 fully saturated rings. The fourth-order valence-electron chi connectivity index (χ4n) is 1.57. The van der Waals surface area contributed by atoms with Gasteiger partial charge in [0.15, 0.2) is 0 Å². The van der Waals surface area contributed by atoms with Gasteiger partial charge in [0.05, 0.1) is 10.0 Å². The van der Waals surface area contributed by atoms with Gasteiger partial charge < -0.3 is 5.73 Å². The van der Waals surface area contributed by atoms with E-state index in [9.17, 15) is 0 Å². The van der Waals surface area contributed by atoms with E-state index >= 15 is 0 Å². The van der Waals surface area contributed by atoms with Gasteiger partial charge >= 0.3 is 0 Å². The molecule has 1 heterocycles. The van der Waals surface area contributed by atoms with E-state index in [2.05, 4.69) is 11.9 Å².